The second-order valence-corrected chi connectivity index (χ2v) is 19.1. The maximum Gasteiger partial charge on any atom is 0.306 e. The van der Waals surface area contributed by atoms with Gasteiger partial charge < -0.3 is 14.6 Å². The fourth-order valence-electron chi connectivity index (χ4n) is 8.81. The van der Waals surface area contributed by atoms with Crippen molar-refractivity contribution in [3.05, 3.63) is 24.3 Å². The van der Waals surface area contributed by atoms with Gasteiger partial charge in [0, 0.05) is 44.4 Å². The van der Waals surface area contributed by atoms with Crippen molar-refractivity contribution >= 4 is 11.9 Å². The van der Waals surface area contributed by atoms with E-state index in [9.17, 15) is 14.7 Å². The summed E-state index contributed by atoms with van der Waals surface area (Å²) in [6.07, 6.45) is 48.5. The fraction of sp³-hybridized carbons (Fsp3) is 0.891. The molecular formula is C55H104N2O5. The molecule has 0 saturated heterocycles. The first kappa shape index (κ1) is 58.3. The Hall–Kier alpha value is -1.70. The lowest BCUT2D eigenvalue weighted by atomic mass is 9.91. The molecule has 364 valence electrons. The zero-order valence-corrected chi connectivity index (χ0v) is 41.7. The minimum atomic E-state index is -0.111. The van der Waals surface area contributed by atoms with Crippen molar-refractivity contribution in [2.24, 2.45) is 11.8 Å². The van der Waals surface area contributed by atoms with Crippen molar-refractivity contribution in [2.75, 3.05) is 52.5 Å². The quantitative estimate of drug-likeness (QED) is 0.0371. The fourth-order valence-corrected chi connectivity index (χ4v) is 8.81. The van der Waals surface area contributed by atoms with Gasteiger partial charge in [-0.3, -0.25) is 19.4 Å². The highest BCUT2D eigenvalue weighted by molar-refractivity contribution is 5.70. The summed E-state index contributed by atoms with van der Waals surface area (Å²) >= 11 is 0. The molecule has 2 unspecified atom stereocenters. The first-order chi connectivity index (χ1) is 30.5. The third-order valence-corrected chi connectivity index (χ3v) is 13.3. The highest BCUT2D eigenvalue weighted by Crippen LogP contribution is 2.26. The third-order valence-electron chi connectivity index (χ3n) is 13.3. The lowest BCUT2D eigenvalue weighted by molar-refractivity contribution is -0.150. The monoisotopic (exact) mass is 873 g/mol. The summed E-state index contributed by atoms with van der Waals surface area (Å²) < 4.78 is 11.9. The van der Waals surface area contributed by atoms with Gasteiger partial charge in [0.15, 0.2) is 0 Å². The second kappa shape index (κ2) is 44.5. The Morgan fingerprint density at radius 3 is 1.66 bits per heavy atom. The normalized spacial score (nSPS) is 14.4. The summed E-state index contributed by atoms with van der Waals surface area (Å²) in [6.45, 7) is 14.9. The number of unbranched alkanes of at least 4 members (excludes halogenated alkanes) is 19. The molecule has 7 heteroatoms. The van der Waals surface area contributed by atoms with Crippen LogP contribution in [0.5, 0.6) is 0 Å². The minimum Gasteiger partial charge on any atom is -0.465 e. The molecule has 0 heterocycles. The van der Waals surface area contributed by atoms with Crippen LogP contribution in [0, 0.1) is 11.8 Å². The van der Waals surface area contributed by atoms with Crippen molar-refractivity contribution in [3.8, 4) is 0 Å². The number of carbonyl (C=O) groups excluding carboxylic acids is 2. The topological polar surface area (TPSA) is 79.3 Å². The third kappa shape index (κ3) is 35.6. The van der Waals surface area contributed by atoms with Gasteiger partial charge in [-0.2, -0.15) is 0 Å². The van der Waals surface area contributed by atoms with Gasteiger partial charge in [-0.05, 0) is 102 Å². The maximum absolute atomic E-state index is 13.4. The Morgan fingerprint density at radius 2 is 1.03 bits per heavy atom. The Morgan fingerprint density at radius 1 is 0.532 bits per heavy atom. The van der Waals surface area contributed by atoms with E-state index >= 15 is 0 Å². The van der Waals surface area contributed by atoms with Crippen molar-refractivity contribution < 1.29 is 24.2 Å². The molecule has 1 aliphatic carbocycles. The average Bonchev–Trinajstić information content (AvgIpc) is 3.25. The first-order valence-electron chi connectivity index (χ1n) is 27.2. The molecule has 2 atom stereocenters. The van der Waals surface area contributed by atoms with Crippen LogP contribution in [-0.2, 0) is 19.1 Å². The van der Waals surface area contributed by atoms with Gasteiger partial charge in [0.05, 0.1) is 19.8 Å². The summed E-state index contributed by atoms with van der Waals surface area (Å²) in [6, 6.07) is 0.680. The molecule has 0 aliphatic heterocycles. The molecule has 62 heavy (non-hydrogen) atoms. The molecule has 0 spiro atoms. The van der Waals surface area contributed by atoms with E-state index < -0.39 is 0 Å². The largest absolute Gasteiger partial charge is 0.465 e. The van der Waals surface area contributed by atoms with E-state index in [1.807, 2.05) is 0 Å². The van der Waals surface area contributed by atoms with E-state index in [1.165, 1.54) is 141 Å². The Bertz CT molecular complexity index is 1040. The molecule has 1 N–H and O–H groups in total. The summed E-state index contributed by atoms with van der Waals surface area (Å²) in [4.78, 5) is 31.4. The van der Waals surface area contributed by atoms with Crippen LogP contribution < -0.4 is 0 Å². The van der Waals surface area contributed by atoms with Crippen molar-refractivity contribution in [2.45, 2.75) is 252 Å². The van der Waals surface area contributed by atoms with Gasteiger partial charge in [0.1, 0.15) is 0 Å². The van der Waals surface area contributed by atoms with Crippen LogP contribution in [0.25, 0.3) is 0 Å². The Labute approximate surface area is 385 Å². The predicted octanol–water partition coefficient (Wildman–Crippen LogP) is 14.7. The minimum absolute atomic E-state index is 0.0323. The van der Waals surface area contributed by atoms with Gasteiger partial charge in [-0.25, -0.2) is 0 Å². The predicted molar refractivity (Wildman–Crippen MR) is 266 cm³/mol. The Balaban J connectivity index is 2.65. The van der Waals surface area contributed by atoms with Crippen LogP contribution in [0.3, 0.4) is 0 Å². The van der Waals surface area contributed by atoms with Crippen LogP contribution >= 0.6 is 0 Å². The number of ether oxygens (including phenoxy) is 2. The van der Waals surface area contributed by atoms with E-state index in [1.54, 1.807) is 0 Å². The van der Waals surface area contributed by atoms with Gasteiger partial charge >= 0.3 is 11.9 Å². The highest BCUT2D eigenvalue weighted by Gasteiger charge is 2.25. The van der Waals surface area contributed by atoms with Gasteiger partial charge in [0.25, 0.3) is 0 Å². The summed E-state index contributed by atoms with van der Waals surface area (Å²) in [5.41, 5.74) is 0. The number of nitrogens with zero attached hydrogens (tertiary/aromatic N) is 2. The molecule has 0 radical (unpaired) electrons. The zero-order valence-electron chi connectivity index (χ0n) is 41.7. The van der Waals surface area contributed by atoms with Crippen molar-refractivity contribution in [1.82, 2.24) is 9.80 Å². The molecule has 0 aromatic heterocycles. The molecule has 0 aromatic carbocycles. The number of rotatable bonds is 47. The van der Waals surface area contributed by atoms with E-state index in [0.717, 1.165) is 96.9 Å². The smallest absolute Gasteiger partial charge is 0.306 e. The molecule has 0 aromatic rings. The van der Waals surface area contributed by atoms with Crippen LogP contribution in [0.15, 0.2) is 24.3 Å². The van der Waals surface area contributed by atoms with E-state index in [0.29, 0.717) is 38.0 Å². The number of aliphatic hydroxyl groups excluding tert-OH is 1. The van der Waals surface area contributed by atoms with Gasteiger partial charge in [-0.1, -0.05) is 174 Å². The summed E-state index contributed by atoms with van der Waals surface area (Å²) in [5, 5.41) is 9.68. The molecule has 0 amide bonds. The van der Waals surface area contributed by atoms with Crippen LogP contribution in [-0.4, -0.2) is 85.4 Å². The summed E-state index contributed by atoms with van der Waals surface area (Å²) in [5.74, 6) is 0.258. The SMILES string of the molecule is CCCCC/C=C\C/C=C\CCCCCCCC(=O)OCC(CCCCN(CCN(CCO)CCCCC)C1CCC1)COC(=O)CC(CCCCCC)CCCCCCCC. The van der Waals surface area contributed by atoms with Crippen LogP contribution in [0.2, 0.25) is 0 Å². The van der Waals surface area contributed by atoms with Crippen molar-refractivity contribution in [1.29, 1.82) is 0 Å². The highest BCUT2D eigenvalue weighted by atomic mass is 16.5. The van der Waals surface area contributed by atoms with E-state index in [2.05, 4.69) is 61.8 Å². The van der Waals surface area contributed by atoms with Crippen LogP contribution in [0.1, 0.15) is 246 Å². The number of hydrogen-bond acceptors (Lipinski definition) is 7. The number of hydrogen-bond donors (Lipinski definition) is 1. The number of esters is 2. The number of carbonyl (C=O) groups is 2. The second-order valence-electron chi connectivity index (χ2n) is 19.1. The van der Waals surface area contributed by atoms with Gasteiger partial charge in [-0.15, -0.1) is 0 Å². The molecule has 1 fully saturated rings. The molecule has 1 aliphatic rings. The maximum atomic E-state index is 13.4. The molecule has 0 bridgehead atoms. The van der Waals surface area contributed by atoms with Gasteiger partial charge in [0.2, 0.25) is 0 Å². The molecule has 1 saturated carbocycles. The molecule has 1 rings (SSSR count). The Kier molecular flexibility index (Phi) is 41.9. The van der Waals surface area contributed by atoms with Crippen LogP contribution in [0.4, 0.5) is 0 Å². The lowest BCUT2D eigenvalue weighted by Crippen LogP contribution is -2.45. The molecular weight excluding hydrogens is 769 g/mol. The average molecular weight is 873 g/mol. The number of allylic oxidation sites excluding steroid dienone is 4. The molecule has 7 nitrogen and oxygen atoms in total. The zero-order chi connectivity index (χ0) is 45.0. The lowest BCUT2D eigenvalue weighted by Gasteiger charge is -2.39. The van der Waals surface area contributed by atoms with E-state index in [-0.39, 0.29) is 24.5 Å². The van der Waals surface area contributed by atoms with Crippen molar-refractivity contribution in [3.63, 3.8) is 0 Å². The first-order valence-corrected chi connectivity index (χ1v) is 27.2. The summed E-state index contributed by atoms with van der Waals surface area (Å²) in [7, 11) is 0. The standard InChI is InChI=1S/C55H104N2O5/c1-5-9-13-16-18-19-20-21-22-23-24-25-26-28-31-41-54(59)61-49-52(50-62-55(60)48-51(36-29-15-11-7-3)37-30-27-17-14-10-6-2)38-32-34-43-57(53-39-35-40-53)45-44-56(46-47-58)42-33-12-8-4/h18-19,21-22,51-53,58H,5-17,20,23-50H2,1-4H3/b19-18-,22-21-. The number of aliphatic hydroxyl groups is 1. The van der Waals surface area contributed by atoms with E-state index in [4.69, 9.17) is 9.47 Å².